The molecule has 0 bridgehead atoms. The summed E-state index contributed by atoms with van der Waals surface area (Å²) in [7, 11) is 0. The number of hydrogen-bond donors (Lipinski definition) is 1. The molecule has 1 spiro atoms. The molecule has 0 unspecified atom stereocenters. The van der Waals surface area contributed by atoms with Crippen molar-refractivity contribution in [1.82, 2.24) is 4.90 Å². The fourth-order valence-electron chi connectivity index (χ4n) is 4.92. The smallest absolute Gasteiger partial charge is 0.306 e. The van der Waals surface area contributed by atoms with Crippen LogP contribution in [0.5, 0.6) is 0 Å². The monoisotopic (exact) mass is 371 g/mol. The van der Waals surface area contributed by atoms with Gasteiger partial charge in [-0.3, -0.25) is 9.59 Å². The van der Waals surface area contributed by atoms with Gasteiger partial charge >= 0.3 is 5.97 Å². The quantitative estimate of drug-likeness (QED) is 0.830. The molecule has 0 radical (unpaired) electrons. The molecule has 2 heterocycles. The van der Waals surface area contributed by atoms with Crippen molar-refractivity contribution in [2.75, 3.05) is 19.7 Å². The molecule has 1 saturated carbocycles. The van der Waals surface area contributed by atoms with E-state index in [2.05, 4.69) is 12.1 Å². The van der Waals surface area contributed by atoms with Gasteiger partial charge in [-0.05, 0) is 56.6 Å². The van der Waals surface area contributed by atoms with E-state index in [1.54, 1.807) is 13.8 Å². The number of hydrogen-bond acceptors (Lipinski definition) is 4. The number of carbonyl (C=O) groups excluding carboxylic acids is 2. The van der Waals surface area contributed by atoms with Crippen LogP contribution in [-0.4, -0.2) is 41.6 Å². The first-order valence-corrected chi connectivity index (χ1v) is 10.0. The van der Waals surface area contributed by atoms with Gasteiger partial charge in [0.25, 0.3) is 0 Å². The lowest BCUT2D eigenvalue weighted by Gasteiger charge is -2.45. The number of nitrogens with zero attached hydrogens (tertiary/aromatic N) is 1. The number of ether oxygens (including phenoxy) is 1. The van der Waals surface area contributed by atoms with Crippen molar-refractivity contribution in [3.63, 3.8) is 0 Å². The zero-order chi connectivity index (χ0) is 19.2. The summed E-state index contributed by atoms with van der Waals surface area (Å²) < 4.78 is 5.10. The average molecular weight is 371 g/mol. The Bertz CT molecular complexity index is 720. The number of carbonyl (C=O) groups is 2. The van der Waals surface area contributed by atoms with Gasteiger partial charge in [0.2, 0.25) is 5.91 Å². The molecule has 146 valence electrons. The van der Waals surface area contributed by atoms with Gasteiger partial charge in [0.15, 0.2) is 0 Å². The molecule has 0 atom stereocenters. The normalized spacial score (nSPS) is 28.9. The third kappa shape index (κ3) is 3.62. The topological polar surface area (TPSA) is 66.8 Å². The Morgan fingerprint density at radius 3 is 2.33 bits per heavy atom. The van der Waals surface area contributed by atoms with Crippen molar-refractivity contribution in [2.24, 2.45) is 11.3 Å². The lowest BCUT2D eigenvalue weighted by atomic mass is 9.61. The molecule has 2 saturated heterocycles. The van der Waals surface area contributed by atoms with Crippen LogP contribution in [0.4, 0.5) is 0 Å². The highest BCUT2D eigenvalue weighted by Gasteiger charge is 2.53. The second kappa shape index (κ2) is 6.62. The van der Waals surface area contributed by atoms with Gasteiger partial charge in [0, 0.05) is 24.4 Å². The number of likely N-dealkylation sites (tertiary alicyclic amines) is 1. The van der Waals surface area contributed by atoms with Crippen LogP contribution in [0.2, 0.25) is 0 Å². The fraction of sp³-hybridized carbons (Fsp3) is 0.636. The van der Waals surface area contributed by atoms with E-state index < -0.39 is 5.60 Å². The minimum absolute atomic E-state index is 0.0437. The maximum atomic E-state index is 12.8. The Hall–Kier alpha value is -1.88. The maximum absolute atomic E-state index is 12.8. The van der Waals surface area contributed by atoms with E-state index in [0.29, 0.717) is 18.9 Å². The highest BCUT2D eigenvalue weighted by atomic mass is 16.5. The number of rotatable bonds is 3. The molecule has 1 amide bonds. The minimum atomic E-state index is -0.816. The molecule has 0 aromatic heterocycles. The number of amides is 1. The van der Waals surface area contributed by atoms with Crippen LogP contribution in [-0.2, 0) is 19.9 Å². The van der Waals surface area contributed by atoms with E-state index in [-0.39, 0.29) is 23.2 Å². The summed E-state index contributed by atoms with van der Waals surface area (Å²) in [6, 6.07) is 8.24. The molecule has 3 aliphatic rings. The number of aliphatic hydroxyl groups is 1. The van der Waals surface area contributed by atoms with Crippen LogP contribution in [0.15, 0.2) is 24.3 Å². The van der Waals surface area contributed by atoms with E-state index in [1.807, 2.05) is 17.0 Å². The zero-order valence-corrected chi connectivity index (χ0v) is 16.2. The zero-order valence-electron chi connectivity index (χ0n) is 16.2. The third-order valence-corrected chi connectivity index (χ3v) is 6.66. The van der Waals surface area contributed by atoms with Crippen LogP contribution in [0, 0.1) is 11.3 Å². The summed E-state index contributed by atoms with van der Waals surface area (Å²) in [6.07, 6.45) is 4.05. The SMILES string of the molecule is CC(C)(O)c1ccc(C2CCN(C(=O)C3CC4(COC(=O)C4)C3)CC2)cc1. The van der Waals surface area contributed by atoms with E-state index in [9.17, 15) is 14.7 Å². The van der Waals surface area contributed by atoms with Crippen LogP contribution < -0.4 is 0 Å². The second-order valence-corrected chi connectivity index (χ2v) is 9.22. The summed E-state index contributed by atoms with van der Waals surface area (Å²) >= 11 is 0. The van der Waals surface area contributed by atoms with Crippen molar-refractivity contribution in [3.8, 4) is 0 Å². The molecular formula is C22H29NO4. The Balaban J connectivity index is 1.29. The molecule has 5 heteroatoms. The van der Waals surface area contributed by atoms with E-state index in [4.69, 9.17) is 4.74 Å². The molecule has 1 aromatic carbocycles. The highest BCUT2D eigenvalue weighted by molar-refractivity contribution is 5.81. The van der Waals surface area contributed by atoms with Crippen LogP contribution in [0.3, 0.4) is 0 Å². The number of esters is 1. The molecular weight excluding hydrogens is 342 g/mol. The predicted molar refractivity (Wildman–Crippen MR) is 101 cm³/mol. The van der Waals surface area contributed by atoms with Crippen LogP contribution >= 0.6 is 0 Å². The maximum Gasteiger partial charge on any atom is 0.306 e. The van der Waals surface area contributed by atoms with Gasteiger partial charge in [-0.1, -0.05) is 24.3 Å². The number of piperidine rings is 1. The van der Waals surface area contributed by atoms with Gasteiger partial charge in [0.1, 0.15) is 0 Å². The Kier molecular flexibility index (Phi) is 4.53. The largest absolute Gasteiger partial charge is 0.465 e. The van der Waals surface area contributed by atoms with Crippen molar-refractivity contribution < 1.29 is 19.4 Å². The highest BCUT2D eigenvalue weighted by Crippen LogP contribution is 2.52. The molecule has 2 aliphatic heterocycles. The van der Waals surface area contributed by atoms with Gasteiger partial charge in [-0.15, -0.1) is 0 Å². The average Bonchev–Trinajstić information content (AvgIpc) is 3.02. The van der Waals surface area contributed by atoms with E-state index >= 15 is 0 Å². The molecule has 5 nitrogen and oxygen atoms in total. The number of benzene rings is 1. The Morgan fingerprint density at radius 1 is 1.19 bits per heavy atom. The first-order valence-electron chi connectivity index (χ1n) is 10.0. The van der Waals surface area contributed by atoms with Crippen molar-refractivity contribution in [1.29, 1.82) is 0 Å². The Morgan fingerprint density at radius 2 is 1.81 bits per heavy atom. The molecule has 3 fully saturated rings. The summed E-state index contributed by atoms with van der Waals surface area (Å²) in [5, 5.41) is 10.1. The lowest BCUT2D eigenvalue weighted by Crippen LogP contribution is -2.49. The first-order chi connectivity index (χ1) is 12.8. The van der Waals surface area contributed by atoms with Gasteiger partial charge in [-0.25, -0.2) is 0 Å². The van der Waals surface area contributed by atoms with Gasteiger partial charge < -0.3 is 14.7 Å². The molecule has 1 aliphatic carbocycles. The predicted octanol–water partition coefficient (Wildman–Crippen LogP) is 2.96. The molecule has 1 aromatic rings. The van der Waals surface area contributed by atoms with Gasteiger partial charge in [-0.2, -0.15) is 0 Å². The first kappa shape index (κ1) is 18.5. The minimum Gasteiger partial charge on any atom is -0.465 e. The van der Waals surface area contributed by atoms with Crippen molar-refractivity contribution >= 4 is 11.9 Å². The van der Waals surface area contributed by atoms with E-state index in [1.165, 1.54) is 5.56 Å². The van der Waals surface area contributed by atoms with Crippen LogP contribution in [0.25, 0.3) is 0 Å². The number of cyclic esters (lactones) is 1. The standard InChI is InChI=1S/C22H29NO4/c1-21(2,26)18-5-3-15(4-6-18)16-7-9-23(10-8-16)20(25)17-11-22(12-17)13-19(24)27-14-22/h3-6,16-17,26H,7-14H2,1-2H3. The van der Waals surface area contributed by atoms with Crippen LogP contribution in [0.1, 0.15) is 63.0 Å². The Labute approximate surface area is 160 Å². The summed E-state index contributed by atoms with van der Waals surface area (Å²) in [5.41, 5.74) is 1.35. The van der Waals surface area contributed by atoms with Crippen molar-refractivity contribution in [2.45, 2.75) is 57.5 Å². The second-order valence-electron chi connectivity index (χ2n) is 9.22. The summed E-state index contributed by atoms with van der Waals surface area (Å²) in [6.45, 7) is 5.69. The molecule has 1 N–H and O–H groups in total. The summed E-state index contributed by atoms with van der Waals surface area (Å²) in [5.74, 6) is 0.689. The summed E-state index contributed by atoms with van der Waals surface area (Å²) in [4.78, 5) is 26.1. The lowest BCUT2D eigenvalue weighted by molar-refractivity contribution is -0.144. The van der Waals surface area contributed by atoms with Crippen molar-refractivity contribution in [3.05, 3.63) is 35.4 Å². The fourth-order valence-corrected chi connectivity index (χ4v) is 4.92. The molecule has 27 heavy (non-hydrogen) atoms. The third-order valence-electron chi connectivity index (χ3n) is 6.66. The van der Waals surface area contributed by atoms with Gasteiger partial charge in [0.05, 0.1) is 18.6 Å². The molecule has 4 rings (SSSR count). The van der Waals surface area contributed by atoms with E-state index in [0.717, 1.165) is 44.3 Å².